The molecule has 6 heteroatoms. The number of carboxylic acids is 1. The lowest BCUT2D eigenvalue weighted by Crippen LogP contribution is -2.45. The Bertz CT molecular complexity index is 514. The van der Waals surface area contributed by atoms with Crippen LogP contribution in [0.3, 0.4) is 0 Å². The average Bonchev–Trinajstić information content (AvgIpc) is 2.47. The number of aryl methyl sites for hydroxylation is 1. The summed E-state index contributed by atoms with van der Waals surface area (Å²) in [6.07, 6.45) is 1.93. The van der Waals surface area contributed by atoms with Gasteiger partial charge in [-0.3, -0.25) is 9.59 Å². The average molecular weight is 327 g/mol. The van der Waals surface area contributed by atoms with Gasteiger partial charge in [-0.2, -0.15) is 0 Å². The molecule has 0 radical (unpaired) electrons. The van der Waals surface area contributed by atoms with Crippen LogP contribution in [0.1, 0.15) is 35.2 Å². The summed E-state index contributed by atoms with van der Waals surface area (Å²) in [5, 5.41) is 11.8. The first-order valence-corrected chi connectivity index (χ1v) is 7.37. The molecule has 2 rings (SSSR count). The molecule has 1 heterocycles. The number of nitrogens with one attached hydrogen (secondary N) is 1. The lowest BCUT2D eigenvalue weighted by Gasteiger charge is -2.32. The molecule has 22 heavy (non-hydrogen) atoms. The maximum Gasteiger partial charge on any atom is 0.304 e. The molecular formula is C16H23ClN2O3. The van der Waals surface area contributed by atoms with Crippen molar-refractivity contribution in [3.05, 3.63) is 35.4 Å². The van der Waals surface area contributed by atoms with E-state index >= 15 is 0 Å². The zero-order chi connectivity index (χ0) is 15.2. The van der Waals surface area contributed by atoms with Gasteiger partial charge >= 0.3 is 5.97 Å². The number of amides is 1. The number of benzene rings is 1. The lowest BCUT2D eigenvalue weighted by molar-refractivity contribution is -0.137. The largest absolute Gasteiger partial charge is 0.481 e. The number of carbonyl (C=O) groups is 2. The Morgan fingerprint density at radius 1 is 1.27 bits per heavy atom. The van der Waals surface area contributed by atoms with Crippen LogP contribution in [0.5, 0.6) is 0 Å². The number of likely N-dealkylation sites (tertiary alicyclic amines) is 1. The lowest BCUT2D eigenvalue weighted by atomic mass is 10.0. The number of aliphatic carboxylic acids is 1. The van der Waals surface area contributed by atoms with Crippen molar-refractivity contribution in [1.82, 2.24) is 10.2 Å². The van der Waals surface area contributed by atoms with Crippen LogP contribution < -0.4 is 5.32 Å². The van der Waals surface area contributed by atoms with Gasteiger partial charge < -0.3 is 15.3 Å². The molecule has 0 bridgehead atoms. The highest BCUT2D eigenvalue weighted by atomic mass is 35.5. The van der Waals surface area contributed by atoms with Gasteiger partial charge in [-0.1, -0.05) is 18.2 Å². The molecule has 122 valence electrons. The molecule has 1 amide bonds. The predicted molar refractivity (Wildman–Crippen MR) is 87.6 cm³/mol. The number of rotatable bonds is 5. The van der Waals surface area contributed by atoms with E-state index in [0.717, 1.165) is 37.1 Å². The fraction of sp³-hybridized carbons (Fsp3) is 0.500. The van der Waals surface area contributed by atoms with E-state index in [2.05, 4.69) is 10.2 Å². The van der Waals surface area contributed by atoms with E-state index in [4.69, 9.17) is 5.11 Å². The van der Waals surface area contributed by atoms with Crippen molar-refractivity contribution in [3.8, 4) is 0 Å². The van der Waals surface area contributed by atoms with Crippen molar-refractivity contribution in [2.45, 2.75) is 32.2 Å². The topological polar surface area (TPSA) is 69.6 Å². The van der Waals surface area contributed by atoms with Crippen LogP contribution in [0.4, 0.5) is 0 Å². The molecule has 0 spiro atoms. The molecule has 0 aliphatic carbocycles. The summed E-state index contributed by atoms with van der Waals surface area (Å²) in [5.41, 5.74) is 1.71. The van der Waals surface area contributed by atoms with E-state index in [9.17, 15) is 9.59 Å². The molecule has 0 saturated carbocycles. The van der Waals surface area contributed by atoms with Crippen LogP contribution in [-0.4, -0.2) is 47.6 Å². The zero-order valence-electron chi connectivity index (χ0n) is 12.7. The van der Waals surface area contributed by atoms with E-state index < -0.39 is 5.97 Å². The number of hydrogen-bond donors (Lipinski definition) is 2. The quantitative estimate of drug-likeness (QED) is 0.869. The van der Waals surface area contributed by atoms with Crippen LogP contribution >= 0.6 is 12.4 Å². The standard InChI is InChI=1S/C16H22N2O3.ClH/c1-12-4-2-3-5-14(12)16(21)17-13-6-9-18(10-7-13)11-8-15(19)20;/h2-5,13H,6-11H2,1H3,(H,17,21)(H,19,20);1H. The highest BCUT2D eigenvalue weighted by Crippen LogP contribution is 2.13. The molecule has 0 atom stereocenters. The minimum atomic E-state index is -0.759. The molecule has 5 nitrogen and oxygen atoms in total. The number of nitrogens with zero attached hydrogens (tertiary/aromatic N) is 1. The first-order chi connectivity index (χ1) is 10.1. The van der Waals surface area contributed by atoms with Crippen LogP contribution in [0.15, 0.2) is 24.3 Å². The van der Waals surface area contributed by atoms with Crippen molar-refractivity contribution < 1.29 is 14.7 Å². The van der Waals surface area contributed by atoms with Gasteiger partial charge in [0.1, 0.15) is 0 Å². The smallest absolute Gasteiger partial charge is 0.304 e. The molecule has 0 unspecified atom stereocenters. The Morgan fingerprint density at radius 2 is 1.91 bits per heavy atom. The number of piperidine rings is 1. The minimum absolute atomic E-state index is 0. The zero-order valence-corrected chi connectivity index (χ0v) is 13.6. The molecule has 0 aromatic heterocycles. The van der Waals surface area contributed by atoms with Gasteiger partial charge in [0.05, 0.1) is 6.42 Å². The number of carbonyl (C=O) groups excluding carboxylic acids is 1. The summed E-state index contributed by atoms with van der Waals surface area (Å²) < 4.78 is 0. The van der Waals surface area contributed by atoms with Gasteiger partial charge in [0, 0.05) is 31.2 Å². The van der Waals surface area contributed by atoms with Crippen molar-refractivity contribution in [3.63, 3.8) is 0 Å². The number of halogens is 1. The van der Waals surface area contributed by atoms with Gasteiger partial charge in [0.2, 0.25) is 0 Å². The summed E-state index contributed by atoms with van der Waals surface area (Å²) in [5.74, 6) is -0.776. The summed E-state index contributed by atoms with van der Waals surface area (Å²) in [6, 6.07) is 7.75. The van der Waals surface area contributed by atoms with Crippen molar-refractivity contribution >= 4 is 24.3 Å². The van der Waals surface area contributed by atoms with Gasteiger partial charge in [0.15, 0.2) is 0 Å². The van der Waals surface area contributed by atoms with E-state index in [1.54, 1.807) is 0 Å². The Morgan fingerprint density at radius 3 is 2.50 bits per heavy atom. The fourth-order valence-electron chi connectivity index (χ4n) is 2.65. The maximum absolute atomic E-state index is 12.2. The first kappa shape index (κ1) is 18.5. The van der Waals surface area contributed by atoms with Crippen molar-refractivity contribution in [2.24, 2.45) is 0 Å². The third-order valence-electron chi connectivity index (χ3n) is 3.95. The predicted octanol–water partition coefficient (Wildman–Crippen LogP) is 2.09. The molecule has 1 aromatic rings. The van der Waals surface area contributed by atoms with Crippen molar-refractivity contribution in [1.29, 1.82) is 0 Å². The monoisotopic (exact) mass is 326 g/mol. The third kappa shape index (κ3) is 5.31. The highest BCUT2D eigenvalue weighted by Gasteiger charge is 2.21. The van der Waals surface area contributed by atoms with E-state index in [-0.39, 0.29) is 30.8 Å². The molecule has 1 saturated heterocycles. The normalized spacial score (nSPS) is 15.9. The van der Waals surface area contributed by atoms with Gasteiger partial charge in [-0.05, 0) is 31.4 Å². The highest BCUT2D eigenvalue weighted by molar-refractivity contribution is 5.95. The van der Waals surface area contributed by atoms with E-state index in [1.165, 1.54) is 0 Å². The fourth-order valence-corrected chi connectivity index (χ4v) is 2.65. The van der Waals surface area contributed by atoms with Crippen LogP contribution in [0, 0.1) is 6.92 Å². The Kier molecular flexibility index (Phi) is 7.35. The van der Waals surface area contributed by atoms with Gasteiger partial charge in [-0.25, -0.2) is 0 Å². The van der Waals surface area contributed by atoms with Gasteiger partial charge in [-0.15, -0.1) is 12.4 Å². The SMILES string of the molecule is Cc1ccccc1C(=O)NC1CCN(CCC(=O)O)CC1.Cl. The third-order valence-corrected chi connectivity index (χ3v) is 3.95. The van der Waals surface area contributed by atoms with Gasteiger partial charge in [0.25, 0.3) is 5.91 Å². The molecule has 1 fully saturated rings. The summed E-state index contributed by atoms with van der Waals surface area (Å²) >= 11 is 0. The van der Waals surface area contributed by atoms with Crippen LogP contribution in [-0.2, 0) is 4.79 Å². The second kappa shape index (κ2) is 8.76. The molecule has 1 aliphatic rings. The molecule has 1 aromatic carbocycles. The second-order valence-corrected chi connectivity index (χ2v) is 5.55. The summed E-state index contributed by atoms with van der Waals surface area (Å²) in [7, 11) is 0. The Hall–Kier alpha value is -1.59. The summed E-state index contributed by atoms with van der Waals surface area (Å²) in [4.78, 5) is 24.9. The molecule has 1 aliphatic heterocycles. The van der Waals surface area contributed by atoms with E-state index in [1.807, 2.05) is 31.2 Å². The maximum atomic E-state index is 12.2. The van der Waals surface area contributed by atoms with Crippen LogP contribution in [0.25, 0.3) is 0 Å². The first-order valence-electron chi connectivity index (χ1n) is 7.37. The van der Waals surface area contributed by atoms with Crippen molar-refractivity contribution in [2.75, 3.05) is 19.6 Å². The Balaban J connectivity index is 0.00000242. The number of hydrogen-bond acceptors (Lipinski definition) is 3. The summed E-state index contributed by atoms with van der Waals surface area (Å²) in [6.45, 7) is 4.20. The molecular weight excluding hydrogens is 304 g/mol. The van der Waals surface area contributed by atoms with E-state index in [0.29, 0.717) is 6.54 Å². The number of carboxylic acid groups (broad SMARTS) is 1. The van der Waals surface area contributed by atoms with Crippen LogP contribution in [0.2, 0.25) is 0 Å². The molecule has 2 N–H and O–H groups in total. The second-order valence-electron chi connectivity index (χ2n) is 5.55. The minimum Gasteiger partial charge on any atom is -0.481 e. The Labute approximate surface area is 137 Å².